The Morgan fingerprint density at radius 1 is 1.11 bits per heavy atom. The van der Waals surface area contributed by atoms with Gasteiger partial charge >= 0.3 is 5.97 Å². The van der Waals surface area contributed by atoms with Gasteiger partial charge in [-0.25, -0.2) is 13.9 Å². The molecule has 2 aromatic heterocycles. The Labute approximate surface area is 225 Å². The Bertz CT molecular complexity index is 1610. The largest absolute Gasteiger partial charge is 0.478 e. The third-order valence-corrected chi connectivity index (χ3v) is 8.25. The highest BCUT2D eigenvalue weighted by atomic mass is 35.5. The van der Waals surface area contributed by atoms with E-state index in [1.807, 2.05) is 31.2 Å². The summed E-state index contributed by atoms with van der Waals surface area (Å²) in [5, 5.41) is 15.1. The average molecular weight is 550 g/mol. The molecule has 1 saturated heterocycles. The van der Waals surface area contributed by atoms with E-state index in [9.17, 15) is 19.1 Å². The molecule has 4 unspecified atom stereocenters. The summed E-state index contributed by atoms with van der Waals surface area (Å²) >= 11 is 7.66. The molecule has 38 heavy (non-hydrogen) atoms. The molecule has 4 atom stereocenters. The van der Waals surface area contributed by atoms with Crippen molar-refractivity contribution in [3.8, 4) is 5.69 Å². The minimum atomic E-state index is -1.14. The lowest BCUT2D eigenvalue weighted by atomic mass is 9.96. The zero-order chi connectivity index (χ0) is 26.6. The second-order valence-electron chi connectivity index (χ2n) is 9.15. The molecule has 4 heterocycles. The molecule has 0 aliphatic carbocycles. The van der Waals surface area contributed by atoms with Gasteiger partial charge in [-0.15, -0.1) is 11.3 Å². The highest BCUT2D eigenvalue weighted by Crippen LogP contribution is 2.46. The summed E-state index contributed by atoms with van der Waals surface area (Å²) in [6, 6.07) is 14.3. The van der Waals surface area contributed by atoms with Gasteiger partial charge in [-0.2, -0.15) is 5.10 Å². The topological polar surface area (TPSA) is 91.0 Å². The van der Waals surface area contributed by atoms with Crippen molar-refractivity contribution in [2.75, 3.05) is 4.90 Å². The second kappa shape index (κ2) is 9.38. The number of rotatable bonds is 5. The van der Waals surface area contributed by atoms with Crippen LogP contribution in [0, 0.1) is 11.7 Å². The summed E-state index contributed by atoms with van der Waals surface area (Å²) in [6.45, 7) is 1.81. The van der Waals surface area contributed by atoms with E-state index in [-0.39, 0.29) is 11.7 Å². The first-order chi connectivity index (χ1) is 18.3. The number of hydrogen-bond acceptors (Lipinski definition) is 6. The maximum Gasteiger partial charge on any atom is 0.349 e. The number of hydrogen-bond donors (Lipinski definition) is 1. The molecule has 8 nitrogen and oxygen atoms in total. The van der Waals surface area contributed by atoms with Gasteiger partial charge in [-0.05, 0) is 60.7 Å². The van der Waals surface area contributed by atoms with Gasteiger partial charge in [0.15, 0.2) is 0 Å². The minimum absolute atomic E-state index is 0.137. The van der Waals surface area contributed by atoms with E-state index in [2.05, 4.69) is 10.1 Å². The smallest absolute Gasteiger partial charge is 0.349 e. The zero-order valence-electron chi connectivity index (χ0n) is 20.0. The predicted molar refractivity (Wildman–Crippen MR) is 144 cm³/mol. The van der Waals surface area contributed by atoms with E-state index in [0.717, 1.165) is 15.8 Å². The number of anilines is 1. The van der Waals surface area contributed by atoms with Gasteiger partial charge in [-0.3, -0.25) is 9.79 Å². The molecule has 0 saturated carbocycles. The molecular weight excluding hydrogens is 529 g/mol. The van der Waals surface area contributed by atoms with Crippen LogP contribution in [0.3, 0.4) is 0 Å². The van der Waals surface area contributed by atoms with Crippen LogP contribution in [0.1, 0.15) is 17.8 Å². The molecule has 1 N–H and O–H groups in total. The van der Waals surface area contributed by atoms with E-state index in [4.69, 9.17) is 11.6 Å². The molecule has 2 aliphatic rings. The molecule has 0 bridgehead atoms. The van der Waals surface area contributed by atoms with Crippen molar-refractivity contribution in [3.05, 3.63) is 88.1 Å². The van der Waals surface area contributed by atoms with Gasteiger partial charge in [0.25, 0.3) is 0 Å². The number of aromatic nitrogens is 2. The second-order valence-corrected chi connectivity index (χ2v) is 10.9. The maximum atomic E-state index is 13.8. The van der Waals surface area contributed by atoms with Crippen LogP contribution in [-0.4, -0.2) is 50.1 Å². The summed E-state index contributed by atoms with van der Waals surface area (Å²) in [5.41, 5.74) is 2.16. The first-order valence-electron chi connectivity index (χ1n) is 11.9. The summed E-state index contributed by atoms with van der Waals surface area (Å²) < 4.78 is 15.7. The molecule has 1 fully saturated rings. The lowest BCUT2D eigenvalue weighted by molar-refractivity contribution is -0.143. The molecule has 0 radical (unpaired) electrons. The Hall–Kier alpha value is -4.02. The van der Waals surface area contributed by atoms with Crippen molar-refractivity contribution >= 4 is 57.6 Å². The fourth-order valence-electron chi connectivity index (χ4n) is 5.26. The van der Waals surface area contributed by atoms with Gasteiger partial charge in [0.2, 0.25) is 12.1 Å². The van der Waals surface area contributed by atoms with Crippen molar-refractivity contribution in [2.24, 2.45) is 10.9 Å². The number of carboxylic acids is 1. The number of carbonyl (C=O) groups excluding carboxylic acids is 1. The minimum Gasteiger partial charge on any atom is -0.478 e. The number of aliphatic imine (C=N–C) groups is 1. The van der Waals surface area contributed by atoms with Crippen LogP contribution in [0.2, 0.25) is 4.34 Å². The van der Waals surface area contributed by atoms with Crippen LogP contribution < -0.4 is 4.90 Å². The molecule has 2 aliphatic heterocycles. The highest BCUT2D eigenvalue weighted by molar-refractivity contribution is 7.16. The number of aliphatic carboxylic acids is 1. The molecule has 1 amide bonds. The van der Waals surface area contributed by atoms with Crippen molar-refractivity contribution in [1.82, 2.24) is 14.7 Å². The summed E-state index contributed by atoms with van der Waals surface area (Å²) in [6.07, 6.45) is 5.37. The molecule has 0 spiro atoms. The zero-order valence-corrected chi connectivity index (χ0v) is 21.6. The Morgan fingerprint density at radius 3 is 2.58 bits per heavy atom. The Morgan fingerprint density at radius 2 is 1.87 bits per heavy atom. The fourth-order valence-corrected chi connectivity index (χ4v) is 6.45. The van der Waals surface area contributed by atoms with Gasteiger partial charge in [0, 0.05) is 28.4 Å². The maximum absolute atomic E-state index is 13.8. The van der Waals surface area contributed by atoms with Crippen LogP contribution in [0.5, 0.6) is 0 Å². The summed E-state index contributed by atoms with van der Waals surface area (Å²) in [4.78, 5) is 34.2. The number of amides is 1. The monoisotopic (exact) mass is 549 g/mol. The molecule has 6 rings (SSSR count). The van der Waals surface area contributed by atoms with Gasteiger partial charge in [0.1, 0.15) is 5.82 Å². The molecule has 4 aromatic rings. The lowest BCUT2D eigenvalue weighted by Gasteiger charge is -2.38. The van der Waals surface area contributed by atoms with Crippen molar-refractivity contribution in [1.29, 1.82) is 0 Å². The first kappa shape index (κ1) is 24.3. The first-order valence-corrected chi connectivity index (χ1v) is 13.0. The van der Waals surface area contributed by atoms with E-state index < -0.39 is 30.1 Å². The van der Waals surface area contributed by atoms with E-state index in [0.29, 0.717) is 15.7 Å². The molecule has 192 valence electrons. The van der Waals surface area contributed by atoms with E-state index in [1.165, 1.54) is 29.7 Å². The number of carboxylic acid groups (broad SMARTS) is 1. The summed E-state index contributed by atoms with van der Waals surface area (Å²) in [5.74, 6) is -2.09. The number of fused-ring (bicyclic) bond motifs is 1. The number of thiophene rings is 1. The number of nitrogens with zero attached hydrogens (tertiary/aromatic N) is 5. The molecule has 2 aromatic carbocycles. The number of benzene rings is 2. The SMILES string of the molecule is CC1C(=O)N(c2ccc3c(cnn3-c3ccc(F)cc3)c2)C(c2ccc(Cl)s2)C1N1C=CC=NC1C(=O)O. The van der Waals surface area contributed by atoms with Crippen molar-refractivity contribution in [3.63, 3.8) is 0 Å². The quantitative estimate of drug-likeness (QED) is 0.365. The van der Waals surface area contributed by atoms with E-state index in [1.54, 1.807) is 51.2 Å². The van der Waals surface area contributed by atoms with Crippen LogP contribution in [0.15, 0.2) is 78.1 Å². The normalized spacial score (nSPS) is 23.1. The Kier molecular flexibility index (Phi) is 6.00. The third-order valence-electron chi connectivity index (χ3n) is 6.95. The predicted octanol–water partition coefficient (Wildman–Crippen LogP) is 5.28. The van der Waals surface area contributed by atoms with Crippen LogP contribution in [0.4, 0.5) is 10.1 Å². The Balaban J connectivity index is 1.45. The summed E-state index contributed by atoms with van der Waals surface area (Å²) in [7, 11) is 0. The van der Waals surface area contributed by atoms with Gasteiger partial charge < -0.3 is 14.9 Å². The number of carbonyl (C=O) groups is 2. The fraction of sp³-hybridized carbons (Fsp3) is 0.185. The molecular formula is C27H21ClFN5O3S. The average Bonchev–Trinajstić information content (AvgIpc) is 3.60. The van der Waals surface area contributed by atoms with Crippen molar-refractivity contribution < 1.29 is 19.1 Å². The lowest BCUT2D eigenvalue weighted by Crippen LogP contribution is -2.48. The van der Waals surface area contributed by atoms with Crippen LogP contribution in [-0.2, 0) is 9.59 Å². The van der Waals surface area contributed by atoms with Crippen LogP contribution >= 0.6 is 22.9 Å². The van der Waals surface area contributed by atoms with E-state index >= 15 is 0 Å². The van der Waals surface area contributed by atoms with Crippen molar-refractivity contribution in [2.45, 2.75) is 25.2 Å². The molecule has 11 heteroatoms. The van der Waals surface area contributed by atoms with Gasteiger partial charge in [-0.1, -0.05) is 18.5 Å². The van der Waals surface area contributed by atoms with Crippen LogP contribution in [0.25, 0.3) is 16.6 Å². The van der Waals surface area contributed by atoms with Gasteiger partial charge in [0.05, 0.1) is 39.7 Å². The third kappa shape index (κ3) is 3.97. The number of allylic oxidation sites excluding steroid dienone is 1. The number of halogens is 2. The highest BCUT2D eigenvalue weighted by Gasteiger charge is 2.52. The standard InChI is InChI=1S/C27H21ClFN5O3S/c1-15-23(32-12-2-11-30-25(32)27(36)37)24(21-9-10-22(28)38-21)33(26(15)35)19-7-8-20-16(13-19)14-31-34(20)18-5-3-17(29)4-6-18/h2-15,23-25H,1H3,(H,36,37).